The number of ether oxygens (including phenoxy) is 1. The zero-order valence-electron chi connectivity index (χ0n) is 19.5. The molecule has 0 aliphatic carbocycles. The zero-order valence-corrected chi connectivity index (χ0v) is 20.3. The van der Waals surface area contributed by atoms with Crippen LogP contribution in [0.5, 0.6) is 0 Å². The molecule has 0 aliphatic heterocycles. The van der Waals surface area contributed by atoms with E-state index in [1.54, 1.807) is 16.9 Å². The van der Waals surface area contributed by atoms with Crippen LogP contribution in [-0.2, 0) is 26.1 Å². The maximum absolute atomic E-state index is 13.7. The number of alkyl halides is 1. The molecule has 7 nitrogen and oxygen atoms in total. The van der Waals surface area contributed by atoms with Gasteiger partial charge in [-0.25, -0.2) is 17.5 Å². The number of aryl methyl sites for hydroxylation is 1. The van der Waals surface area contributed by atoms with Gasteiger partial charge in [0.1, 0.15) is 0 Å². The lowest BCUT2D eigenvalue weighted by Crippen LogP contribution is -2.38. The number of nitrogens with zero attached hydrogens (tertiary/aromatic N) is 1. The van der Waals surface area contributed by atoms with Crippen molar-refractivity contribution in [3.05, 3.63) is 101 Å². The summed E-state index contributed by atoms with van der Waals surface area (Å²) in [5, 5.41) is 0. The Morgan fingerprint density at radius 1 is 1.11 bits per heavy atom. The van der Waals surface area contributed by atoms with Crippen molar-refractivity contribution in [2.24, 2.45) is 0 Å². The van der Waals surface area contributed by atoms with Gasteiger partial charge in [-0.2, -0.15) is 0 Å². The van der Waals surface area contributed by atoms with Gasteiger partial charge < -0.3 is 9.30 Å². The first kappa shape index (κ1) is 26.1. The number of amides is 1. The topological polar surface area (TPSA) is 94.5 Å². The summed E-state index contributed by atoms with van der Waals surface area (Å²) in [6.45, 7) is 3.56. The van der Waals surface area contributed by atoms with Crippen molar-refractivity contribution in [2.75, 3.05) is 12.4 Å². The zero-order chi connectivity index (χ0) is 25.4. The average molecular weight is 499 g/mol. The molecule has 0 unspecified atom stereocenters. The quantitative estimate of drug-likeness (QED) is 0.405. The number of sulfonamides is 1. The smallest absolute Gasteiger partial charge is 0.295 e. The van der Waals surface area contributed by atoms with Gasteiger partial charge in [0.25, 0.3) is 12.3 Å². The number of carbonyl (C=O) groups is 2. The average Bonchev–Trinajstić information content (AvgIpc) is 3.29. The van der Waals surface area contributed by atoms with E-state index in [-0.39, 0.29) is 18.1 Å². The van der Waals surface area contributed by atoms with E-state index < -0.39 is 22.3 Å². The molecular formula is C26H27FN2O5S. The number of nitrogens with one attached hydrogen (secondary N) is 1. The molecule has 0 bridgehead atoms. The van der Waals surface area contributed by atoms with Crippen molar-refractivity contribution in [1.82, 2.24) is 9.29 Å². The van der Waals surface area contributed by atoms with Gasteiger partial charge in [0.05, 0.1) is 18.1 Å². The summed E-state index contributed by atoms with van der Waals surface area (Å²) in [5.74, 6) is -1.75. The number of carbonyl (C=O) groups excluding carboxylic acids is 2. The van der Waals surface area contributed by atoms with E-state index in [9.17, 15) is 22.4 Å². The number of hydrogen-bond donors (Lipinski definition) is 1. The van der Waals surface area contributed by atoms with Gasteiger partial charge in [0, 0.05) is 18.3 Å². The van der Waals surface area contributed by atoms with Crippen LogP contribution in [0.25, 0.3) is 6.08 Å². The molecule has 3 aromatic rings. The molecule has 0 spiro atoms. The van der Waals surface area contributed by atoms with Gasteiger partial charge in [-0.3, -0.25) is 9.59 Å². The Morgan fingerprint density at radius 3 is 2.57 bits per heavy atom. The molecular weight excluding hydrogens is 471 g/mol. The summed E-state index contributed by atoms with van der Waals surface area (Å²) < 4.78 is 44.6. The third-order valence-corrected chi connectivity index (χ3v) is 6.44. The molecule has 0 saturated carbocycles. The van der Waals surface area contributed by atoms with Crippen LogP contribution in [0.4, 0.5) is 4.39 Å². The Kier molecular flexibility index (Phi) is 8.73. The summed E-state index contributed by atoms with van der Waals surface area (Å²) in [7, 11) is -3.85. The molecule has 3 rings (SSSR count). The van der Waals surface area contributed by atoms with Crippen LogP contribution in [0, 0.1) is 6.92 Å². The molecule has 0 radical (unpaired) electrons. The minimum atomic E-state index is -3.85. The van der Waals surface area contributed by atoms with E-state index in [0.29, 0.717) is 17.8 Å². The van der Waals surface area contributed by atoms with E-state index in [1.807, 2.05) is 72.3 Å². The van der Waals surface area contributed by atoms with Crippen LogP contribution in [0.2, 0.25) is 0 Å². The van der Waals surface area contributed by atoms with Gasteiger partial charge in [0.15, 0.2) is 0 Å². The van der Waals surface area contributed by atoms with Gasteiger partial charge in [0.2, 0.25) is 15.8 Å². The van der Waals surface area contributed by atoms with Crippen molar-refractivity contribution in [3.8, 4) is 0 Å². The summed E-state index contributed by atoms with van der Waals surface area (Å²) in [6, 6.07) is 18.6. The Balaban J connectivity index is 1.60. The lowest BCUT2D eigenvalue weighted by atomic mass is 10.1. The SMILES string of the molecule is CCS(=O)(=O)NC(=O)[C@@H](F)OCC=Cc1cccc(Cn2cccc2C(=O)c2ccc(C)cc2)c1. The summed E-state index contributed by atoms with van der Waals surface area (Å²) in [5.41, 5.74) is 4.06. The first-order valence-electron chi connectivity index (χ1n) is 11.0. The largest absolute Gasteiger partial charge is 0.340 e. The highest BCUT2D eigenvalue weighted by atomic mass is 32.2. The van der Waals surface area contributed by atoms with Crippen molar-refractivity contribution in [3.63, 3.8) is 0 Å². The monoisotopic (exact) mass is 498 g/mol. The Labute approximate surface area is 204 Å². The number of rotatable bonds is 11. The minimum Gasteiger partial charge on any atom is -0.340 e. The molecule has 0 fully saturated rings. The van der Waals surface area contributed by atoms with E-state index in [4.69, 9.17) is 4.74 Å². The van der Waals surface area contributed by atoms with Crippen LogP contribution in [0.3, 0.4) is 0 Å². The lowest BCUT2D eigenvalue weighted by molar-refractivity contribution is -0.141. The third kappa shape index (κ3) is 7.46. The second kappa shape index (κ2) is 11.7. The Bertz CT molecular complexity index is 1310. The molecule has 1 atom stereocenters. The molecule has 9 heteroatoms. The molecule has 184 valence electrons. The second-order valence-electron chi connectivity index (χ2n) is 7.88. The standard InChI is InChI=1S/C26H27FN2O5S/c1-3-35(32,33)28-26(31)25(27)34-16-6-9-20-7-4-8-21(17-20)18-29-15-5-10-23(29)24(30)22-13-11-19(2)12-14-22/h4-15,17,25H,3,16,18H2,1-2H3,(H,28,31)/t25-/m0/s1. The predicted octanol–water partition coefficient (Wildman–Crippen LogP) is 3.87. The first-order valence-corrected chi connectivity index (χ1v) is 12.7. The number of benzene rings is 2. The van der Waals surface area contributed by atoms with Gasteiger partial charge in [-0.05, 0) is 43.2 Å². The second-order valence-corrected chi connectivity index (χ2v) is 9.89. The van der Waals surface area contributed by atoms with E-state index in [1.165, 1.54) is 13.0 Å². The Hall–Kier alpha value is -3.56. The fourth-order valence-corrected chi connectivity index (χ4v) is 3.82. The molecule has 35 heavy (non-hydrogen) atoms. The fraction of sp³-hybridized carbons (Fsp3) is 0.231. The van der Waals surface area contributed by atoms with E-state index in [2.05, 4.69) is 0 Å². The lowest BCUT2D eigenvalue weighted by Gasteiger charge is -2.10. The number of aromatic nitrogens is 1. The van der Waals surface area contributed by atoms with Crippen molar-refractivity contribution in [2.45, 2.75) is 26.7 Å². The summed E-state index contributed by atoms with van der Waals surface area (Å²) in [4.78, 5) is 24.4. The molecule has 0 saturated heterocycles. The summed E-state index contributed by atoms with van der Waals surface area (Å²) in [6.07, 6.45) is 2.67. The molecule has 0 aliphatic rings. The maximum Gasteiger partial charge on any atom is 0.295 e. The van der Waals surface area contributed by atoms with Crippen molar-refractivity contribution < 1.29 is 27.1 Å². The molecule has 1 N–H and O–H groups in total. The summed E-state index contributed by atoms with van der Waals surface area (Å²) >= 11 is 0. The number of ketones is 1. The highest BCUT2D eigenvalue weighted by Gasteiger charge is 2.22. The Morgan fingerprint density at radius 2 is 1.86 bits per heavy atom. The number of hydrogen-bond acceptors (Lipinski definition) is 5. The van der Waals surface area contributed by atoms with Crippen LogP contribution >= 0.6 is 0 Å². The highest BCUT2D eigenvalue weighted by molar-refractivity contribution is 7.90. The predicted molar refractivity (Wildman–Crippen MR) is 132 cm³/mol. The molecule has 2 aromatic carbocycles. The minimum absolute atomic E-state index is 0.0558. The van der Waals surface area contributed by atoms with E-state index >= 15 is 0 Å². The molecule has 1 amide bonds. The van der Waals surface area contributed by atoms with Crippen LogP contribution in [0.15, 0.2) is 72.9 Å². The molecule has 1 aromatic heterocycles. The van der Waals surface area contributed by atoms with Crippen molar-refractivity contribution >= 4 is 27.8 Å². The van der Waals surface area contributed by atoms with Gasteiger partial charge in [-0.1, -0.05) is 60.2 Å². The highest BCUT2D eigenvalue weighted by Crippen LogP contribution is 2.15. The third-order valence-electron chi connectivity index (χ3n) is 5.17. The fourth-order valence-electron chi connectivity index (χ4n) is 3.27. The van der Waals surface area contributed by atoms with E-state index in [0.717, 1.165) is 16.7 Å². The maximum atomic E-state index is 13.7. The van der Waals surface area contributed by atoms with Gasteiger partial charge >= 0.3 is 0 Å². The van der Waals surface area contributed by atoms with Crippen LogP contribution in [-0.4, -0.2) is 43.4 Å². The normalized spacial score (nSPS) is 12.5. The van der Waals surface area contributed by atoms with Gasteiger partial charge in [-0.15, -0.1) is 0 Å². The van der Waals surface area contributed by atoms with Crippen LogP contribution in [0.1, 0.15) is 39.7 Å². The number of halogens is 1. The first-order chi connectivity index (χ1) is 16.7. The van der Waals surface area contributed by atoms with Crippen molar-refractivity contribution in [1.29, 1.82) is 0 Å². The molecule has 1 heterocycles. The van der Waals surface area contributed by atoms with Crippen LogP contribution < -0.4 is 4.72 Å².